The van der Waals surface area contributed by atoms with Gasteiger partial charge in [0.05, 0.1) is 6.61 Å². The first-order chi connectivity index (χ1) is 9.10. The van der Waals surface area contributed by atoms with Crippen molar-refractivity contribution in [2.45, 2.75) is 13.8 Å². The number of carbonyl (C=O) groups is 1. The first kappa shape index (κ1) is 13.0. The lowest BCUT2D eigenvalue weighted by molar-refractivity contribution is 0.102. The summed E-state index contributed by atoms with van der Waals surface area (Å²) in [6.07, 6.45) is 1.58. The summed E-state index contributed by atoms with van der Waals surface area (Å²) in [5.41, 5.74) is 8.23. The van der Waals surface area contributed by atoms with Crippen molar-refractivity contribution < 1.29 is 9.53 Å². The zero-order valence-corrected chi connectivity index (χ0v) is 11.0. The van der Waals surface area contributed by atoms with Crippen molar-refractivity contribution >= 4 is 17.3 Å². The molecule has 0 bridgehead atoms. The number of nitrogens with one attached hydrogen (secondary N) is 2. The molecule has 0 atom stereocenters. The van der Waals surface area contributed by atoms with Crippen LogP contribution in [0, 0.1) is 6.92 Å². The summed E-state index contributed by atoms with van der Waals surface area (Å²) in [4.78, 5) is 14.8. The standard InChI is InChI=1S/C14H17N3O2/c1-3-19-11-4-5-12(9(2)6-11)17-14(18)13-7-10(15)8-16-13/h4-8,16H,3,15H2,1-2H3,(H,17,18). The molecule has 0 fully saturated rings. The average Bonchev–Trinajstić information content (AvgIpc) is 2.80. The summed E-state index contributed by atoms with van der Waals surface area (Å²) < 4.78 is 5.40. The monoisotopic (exact) mass is 259 g/mol. The largest absolute Gasteiger partial charge is 0.494 e. The van der Waals surface area contributed by atoms with E-state index in [1.807, 2.05) is 32.0 Å². The summed E-state index contributed by atoms with van der Waals surface area (Å²) in [5, 5.41) is 2.83. The Hall–Kier alpha value is -2.43. The Kier molecular flexibility index (Phi) is 3.75. The number of nitrogen functional groups attached to an aromatic ring is 1. The van der Waals surface area contributed by atoms with Crippen molar-refractivity contribution in [3.05, 3.63) is 41.7 Å². The third-order valence-corrected chi connectivity index (χ3v) is 2.71. The topological polar surface area (TPSA) is 80.1 Å². The van der Waals surface area contributed by atoms with E-state index < -0.39 is 0 Å². The third kappa shape index (κ3) is 3.07. The molecule has 0 aliphatic rings. The number of nitrogens with two attached hydrogens (primary N) is 1. The maximum Gasteiger partial charge on any atom is 0.272 e. The van der Waals surface area contributed by atoms with E-state index in [2.05, 4.69) is 10.3 Å². The van der Waals surface area contributed by atoms with Gasteiger partial charge in [0.1, 0.15) is 11.4 Å². The Morgan fingerprint density at radius 3 is 2.79 bits per heavy atom. The number of aromatic amines is 1. The molecular weight excluding hydrogens is 242 g/mol. The van der Waals surface area contributed by atoms with Gasteiger partial charge in [-0.15, -0.1) is 0 Å². The molecule has 0 aliphatic carbocycles. The van der Waals surface area contributed by atoms with Gasteiger partial charge >= 0.3 is 0 Å². The molecule has 19 heavy (non-hydrogen) atoms. The average molecular weight is 259 g/mol. The highest BCUT2D eigenvalue weighted by molar-refractivity contribution is 6.03. The molecular formula is C14H17N3O2. The molecule has 0 radical (unpaired) electrons. The number of H-pyrrole nitrogens is 1. The highest BCUT2D eigenvalue weighted by Crippen LogP contribution is 2.22. The molecule has 0 saturated carbocycles. The van der Waals surface area contributed by atoms with Crippen molar-refractivity contribution in [2.75, 3.05) is 17.7 Å². The van der Waals surface area contributed by atoms with Gasteiger partial charge in [0.25, 0.3) is 5.91 Å². The van der Waals surface area contributed by atoms with E-state index >= 15 is 0 Å². The Bertz CT molecular complexity index is 590. The Balaban J connectivity index is 2.13. The van der Waals surface area contributed by atoms with Crippen LogP contribution in [0.25, 0.3) is 0 Å². The van der Waals surface area contributed by atoms with Crippen LogP contribution in [0.3, 0.4) is 0 Å². The highest BCUT2D eigenvalue weighted by Gasteiger charge is 2.09. The summed E-state index contributed by atoms with van der Waals surface area (Å²) in [6, 6.07) is 7.14. The number of anilines is 2. The lowest BCUT2D eigenvalue weighted by atomic mass is 10.2. The molecule has 0 spiro atoms. The van der Waals surface area contributed by atoms with Gasteiger partial charge in [-0.05, 0) is 43.7 Å². The zero-order valence-electron chi connectivity index (χ0n) is 11.0. The number of rotatable bonds is 4. The number of aryl methyl sites for hydroxylation is 1. The van der Waals surface area contributed by atoms with E-state index in [4.69, 9.17) is 10.5 Å². The van der Waals surface area contributed by atoms with Crippen LogP contribution in [0.5, 0.6) is 5.75 Å². The van der Waals surface area contributed by atoms with Crippen molar-refractivity contribution in [3.63, 3.8) is 0 Å². The zero-order chi connectivity index (χ0) is 13.8. The van der Waals surface area contributed by atoms with Gasteiger partial charge in [-0.3, -0.25) is 4.79 Å². The first-order valence-electron chi connectivity index (χ1n) is 6.09. The molecule has 5 heteroatoms. The minimum absolute atomic E-state index is 0.219. The van der Waals surface area contributed by atoms with Gasteiger partial charge in [0, 0.05) is 17.6 Å². The minimum Gasteiger partial charge on any atom is -0.494 e. The van der Waals surface area contributed by atoms with Crippen LogP contribution in [0.2, 0.25) is 0 Å². The fourth-order valence-electron chi connectivity index (χ4n) is 1.76. The van der Waals surface area contributed by atoms with Gasteiger partial charge in [-0.25, -0.2) is 0 Å². The predicted molar refractivity (Wildman–Crippen MR) is 75.5 cm³/mol. The van der Waals surface area contributed by atoms with Crippen LogP contribution in [0.1, 0.15) is 23.0 Å². The molecule has 5 nitrogen and oxygen atoms in total. The lowest BCUT2D eigenvalue weighted by Gasteiger charge is -2.10. The second kappa shape index (κ2) is 5.48. The Morgan fingerprint density at radius 1 is 1.42 bits per heavy atom. The number of aromatic nitrogens is 1. The second-order valence-corrected chi connectivity index (χ2v) is 4.21. The third-order valence-electron chi connectivity index (χ3n) is 2.71. The molecule has 0 aliphatic heterocycles. The van der Waals surface area contributed by atoms with Gasteiger partial charge in [0.15, 0.2) is 0 Å². The summed E-state index contributed by atoms with van der Waals surface area (Å²) >= 11 is 0. The van der Waals surface area contributed by atoms with Crippen LogP contribution < -0.4 is 15.8 Å². The second-order valence-electron chi connectivity index (χ2n) is 4.21. The minimum atomic E-state index is -0.219. The molecule has 1 aromatic heterocycles. The molecule has 4 N–H and O–H groups in total. The number of ether oxygens (including phenoxy) is 1. The van der Waals surface area contributed by atoms with E-state index in [1.165, 1.54) is 0 Å². The summed E-state index contributed by atoms with van der Waals surface area (Å²) in [5.74, 6) is 0.575. The number of hydrogen-bond acceptors (Lipinski definition) is 3. The van der Waals surface area contributed by atoms with Gasteiger partial charge in [0.2, 0.25) is 0 Å². The summed E-state index contributed by atoms with van der Waals surface area (Å²) in [7, 11) is 0. The Morgan fingerprint density at radius 2 is 2.21 bits per heavy atom. The van der Waals surface area contributed by atoms with Crippen LogP contribution in [-0.4, -0.2) is 17.5 Å². The first-order valence-corrected chi connectivity index (χ1v) is 6.09. The Labute approximate surface area is 111 Å². The van der Waals surface area contributed by atoms with E-state index in [9.17, 15) is 4.79 Å². The van der Waals surface area contributed by atoms with Crippen LogP contribution in [-0.2, 0) is 0 Å². The fourth-order valence-corrected chi connectivity index (χ4v) is 1.76. The van der Waals surface area contributed by atoms with Crippen LogP contribution in [0.15, 0.2) is 30.5 Å². The molecule has 2 aromatic rings. The molecule has 100 valence electrons. The van der Waals surface area contributed by atoms with Gasteiger partial charge in [-0.1, -0.05) is 0 Å². The van der Waals surface area contributed by atoms with Crippen LogP contribution in [0.4, 0.5) is 11.4 Å². The molecule has 2 rings (SSSR count). The quantitative estimate of drug-likeness (QED) is 0.789. The van der Waals surface area contributed by atoms with E-state index in [0.717, 1.165) is 17.0 Å². The van der Waals surface area contributed by atoms with Crippen molar-refractivity contribution in [1.82, 2.24) is 4.98 Å². The molecule has 1 amide bonds. The van der Waals surface area contributed by atoms with Crippen LogP contribution >= 0.6 is 0 Å². The maximum atomic E-state index is 12.0. The molecule has 1 heterocycles. The molecule has 1 aromatic carbocycles. The number of hydrogen-bond donors (Lipinski definition) is 3. The van der Waals surface area contributed by atoms with Crippen molar-refractivity contribution in [1.29, 1.82) is 0 Å². The fraction of sp³-hybridized carbons (Fsp3) is 0.214. The molecule has 0 saturated heterocycles. The van der Waals surface area contributed by atoms with Gasteiger partial charge < -0.3 is 20.8 Å². The SMILES string of the molecule is CCOc1ccc(NC(=O)c2cc(N)c[nH]2)c(C)c1. The maximum absolute atomic E-state index is 12.0. The normalized spacial score (nSPS) is 10.2. The van der Waals surface area contributed by atoms with E-state index in [-0.39, 0.29) is 5.91 Å². The van der Waals surface area contributed by atoms with E-state index in [0.29, 0.717) is 18.0 Å². The smallest absolute Gasteiger partial charge is 0.272 e. The lowest BCUT2D eigenvalue weighted by Crippen LogP contribution is -2.13. The molecule has 0 unspecified atom stereocenters. The predicted octanol–water partition coefficient (Wildman–Crippen LogP) is 2.56. The highest BCUT2D eigenvalue weighted by atomic mass is 16.5. The van der Waals surface area contributed by atoms with E-state index in [1.54, 1.807) is 12.3 Å². The van der Waals surface area contributed by atoms with Gasteiger partial charge in [-0.2, -0.15) is 0 Å². The number of benzene rings is 1. The number of carbonyl (C=O) groups excluding carboxylic acids is 1. The summed E-state index contributed by atoms with van der Waals surface area (Å²) in [6.45, 7) is 4.47. The van der Waals surface area contributed by atoms with Crippen molar-refractivity contribution in [2.24, 2.45) is 0 Å². The number of amides is 1. The van der Waals surface area contributed by atoms with Crippen molar-refractivity contribution in [3.8, 4) is 5.75 Å².